The summed E-state index contributed by atoms with van der Waals surface area (Å²) in [6, 6.07) is 9.54. The molecule has 27 heavy (non-hydrogen) atoms. The molecular weight excluding hydrogens is 342 g/mol. The molecule has 2 aromatic heterocycles. The summed E-state index contributed by atoms with van der Waals surface area (Å²) in [4.78, 5) is 32.4. The fourth-order valence-electron chi connectivity index (χ4n) is 3.14. The van der Waals surface area contributed by atoms with Crippen LogP contribution in [0.25, 0.3) is 11.3 Å². The van der Waals surface area contributed by atoms with Crippen molar-refractivity contribution in [2.24, 2.45) is 0 Å². The predicted molar refractivity (Wildman–Crippen MR) is 103 cm³/mol. The molecule has 0 unspecified atom stereocenters. The van der Waals surface area contributed by atoms with Crippen molar-refractivity contribution in [3.05, 3.63) is 55.2 Å². The summed E-state index contributed by atoms with van der Waals surface area (Å²) in [5, 5.41) is 2.98. The van der Waals surface area contributed by atoms with Crippen LogP contribution >= 0.6 is 0 Å². The summed E-state index contributed by atoms with van der Waals surface area (Å²) in [5.74, 6) is 0.735. The van der Waals surface area contributed by atoms with E-state index in [0.717, 1.165) is 49.1 Å². The number of nitrogens with zero attached hydrogens (tertiary/aromatic N) is 5. The number of nitrogens with one attached hydrogen (secondary N) is 2. The molecule has 8 nitrogen and oxygen atoms in total. The Hall–Kier alpha value is -3.26. The van der Waals surface area contributed by atoms with Crippen LogP contribution in [0.15, 0.2) is 55.2 Å². The molecule has 8 heteroatoms. The standard InChI is InChI=1S/C19H21N7O/c27-18(24-16-4-1-3-15(11-16)17-12-20-14-23-17)13-25-7-9-26(10-8-25)19-21-5-2-6-22-19/h1-6,11-12,14H,7-10,13H2,(H,20,23)(H,24,27). The summed E-state index contributed by atoms with van der Waals surface area (Å²) in [6.07, 6.45) is 6.90. The van der Waals surface area contributed by atoms with Crippen LogP contribution < -0.4 is 10.2 Å². The number of aromatic amines is 1. The van der Waals surface area contributed by atoms with E-state index in [0.29, 0.717) is 6.54 Å². The number of amides is 1. The first-order valence-electron chi connectivity index (χ1n) is 8.91. The second-order valence-corrected chi connectivity index (χ2v) is 6.41. The third kappa shape index (κ3) is 4.29. The molecule has 1 aliphatic rings. The van der Waals surface area contributed by atoms with Gasteiger partial charge in [0.15, 0.2) is 0 Å². The average Bonchev–Trinajstić information content (AvgIpc) is 3.24. The van der Waals surface area contributed by atoms with Gasteiger partial charge < -0.3 is 15.2 Å². The van der Waals surface area contributed by atoms with Gasteiger partial charge in [-0.15, -0.1) is 0 Å². The first kappa shape index (κ1) is 17.2. The van der Waals surface area contributed by atoms with Gasteiger partial charge in [0, 0.05) is 49.8 Å². The number of rotatable bonds is 5. The summed E-state index contributed by atoms with van der Waals surface area (Å²) in [6.45, 7) is 3.61. The number of carbonyl (C=O) groups is 1. The van der Waals surface area contributed by atoms with Crippen LogP contribution in [-0.2, 0) is 4.79 Å². The molecule has 0 aliphatic carbocycles. The number of imidazole rings is 1. The van der Waals surface area contributed by atoms with Gasteiger partial charge >= 0.3 is 0 Å². The van der Waals surface area contributed by atoms with E-state index in [1.807, 2.05) is 30.3 Å². The average molecular weight is 363 g/mol. The molecule has 0 bridgehead atoms. The molecule has 2 N–H and O–H groups in total. The van der Waals surface area contributed by atoms with Crippen molar-refractivity contribution in [1.29, 1.82) is 0 Å². The van der Waals surface area contributed by atoms with E-state index >= 15 is 0 Å². The largest absolute Gasteiger partial charge is 0.345 e. The highest BCUT2D eigenvalue weighted by atomic mass is 16.2. The second-order valence-electron chi connectivity index (χ2n) is 6.41. The minimum atomic E-state index is -0.0128. The third-order valence-electron chi connectivity index (χ3n) is 4.53. The smallest absolute Gasteiger partial charge is 0.238 e. The highest BCUT2D eigenvalue weighted by molar-refractivity contribution is 5.92. The summed E-state index contributed by atoms with van der Waals surface area (Å²) in [7, 11) is 0. The van der Waals surface area contributed by atoms with E-state index in [2.05, 4.69) is 35.1 Å². The quantitative estimate of drug-likeness (QED) is 0.716. The van der Waals surface area contributed by atoms with Gasteiger partial charge in [0.25, 0.3) is 0 Å². The Balaban J connectivity index is 1.30. The highest BCUT2D eigenvalue weighted by Crippen LogP contribution is 2.20. The lowest BCUT2D eigenvalue weighted by atomic mass is 10.1. The molecule has 0 atom stereocenters. The van der Waals surface area contributed by atoms with E-state index in [9.17, 15) is 4.79 Å². The van der Waals surface area contributed by atoms with Crippen molar-refractivity contribution in [1.82, 2.24) is 24.8 Å². The molecule has 3 aromatic rings. The zero-order valence-corrected chi connectivity index (χ0v) is 14.9. The Kier molecular flexibility index (Phi) is 5.06. The van der Waals surface area contributed by atoms with E-state index < -0.39 is 0 Å². The van der Waals surface area contributed by atoms with Crippen molar-refractivity contribution in [2.75, 3.05) is 42.9 Å². The van der Waals surface area contributed by atoms with Crippen molar-refractivity contribution in [3.8, 4) is 11.3 Å². The van der Waals surface area contributed by atoms with Crippen molar-refractivity contribution < 1.29 is 4.79 Å². The summed E-state index contributed by atoms with van der Waals surface area (Å²) in [5.41, 5.74) is 2.69. The lowest BCUT2D eigenvalue weighted by molar-refractivity contribution is -0.117. The van der Waals surface area contributed by atoms with Crippen LogP contribution in [0.2, 0.25) is 0 Å². The Morgan fingerprint density at radius 1 is 1.11 bits per heavy atom. The minimum absolute atomic E-state index is 0.0128. The molecule has 0 spiro atoms. The third-order valence-corrected chi connectivity index (χ3v) is 4.53. The van der Waals surface area contributed by atoms with Gasteiger partial charge in [-0.2, -0.15) is 0 Å². The van der Waals surface area contributed by atoms with E-state index in [-0.39, 0.29) is 5.91 Å². The fraction of sp³-hybridized carbons (Fsp3) is 0.263. The maximum absolute atomic E-state index is 12.4. The Morgan fingerprint density at radius 2 is 1.93 bits per heavy atom. The molecule has 138 valence electrons. The number of hydrogen-bond donors (Lipinski definition) is 2. The topological polar surface area (TPSA) is 90.0 Å². The molecule has 0 radical (unpaired) electrons. The molecule has 1 saturated heterocycles. The monoisotopic (exact) mass is 363 g/mol. The van der Waals surface area contributed by atoms with Crippen LogP contribution in [0.4, 0.5) is 11.6 Å². The van der Waals surface area contributed by atoms with Crippen LogP contribution in [-0.4, -0.2) is 63.5 Å². The molecule has 3 heterocycles. The predicted octanol–water partition coefficient (Wildman–Crippen LogP) is 1.63. The molecule has 4 rings (SSSR count). The number of piperazine rings is 1. The van der Waals surface area contributed by atoms with Crippen LogP contribution in [0, 0.1) is 0 Å². The zero-order valence-electron chi connectivity index (χ0n) is 14.9. The highest BCUT2D eigenvalue weighted by Gasteiger charge is 2.20. The van der Waals surface area contributed by atoms with Crippen molar-refractivity contribution >= 4 is 17.5 Å². The van der Waals surface area contributed by atoms with Gasteiger partial charge in [0.2, 0.25) is 11.9 Å². The molecule has 1 amide bonds. The molecule has 1 aromatic carbocycles. The number of anilines is 2. The van der Waals surface area contributed by atoms with Crippen molar-refractivity contribution in [2.45, 2.75) is 0 Å². The van der Waals surface area contributed by atoms with Gasteiger partial charge in [-0.05, 0) is 18.2 Å². The lowest BCUT2D eigenvalue weighted by Crippen LogP contribution is -2.49. The van der Waals surface area contributed by atoms with E-state index in [1.165, 1.54) is 0 Å². The van der Waals surface area contributed by atoms with Gasteiger partial charge in [-0.1, -0.05) is 12.1 Å². The van der Waals surface area contributed by atoms with Gasteiger partial charge in [0.05, 0.1) is 24.8 Å². The normalized spacial score (nSPS) is 14.9. The summed E-state index contributed by atoms with van der Waals surface area (Å²) < 4.78 is 0. The molecule has 1 fully saturated rings. The maximum Gasteiger partial charge on any atom is 0.238 e. The summed E-state index contributed by atoms with van der Waals surface area (Å²) >= 11 is 0. The van der Waals surface area contributed by atoms with Crippen molar-refractivity contribution in [3.63, 3.8) is 0 Å². The van der Waals surface area contributed by atoms with Gasteiger partial charge in [-0.3, -0.25) is 9.69 Å². The van der Waals surface area contributed by atoms with Gasteiger partial charge in [0.1, 0.15) is 0 Å². The second kappa shape index (κ2) is 7.96. The van der Waals surface area contributed by atoms with Crippen LogP contribution in [0.1, 0.15) is 0 Å². The zero-order chi connectivity index (χ0) is 18.5. The number of hydrogen-bond acceptors (Lipinski definition) is 6. The van der Waals surface area contributed by atoms with Gasteiger partial charge in [-0.25, -0.2) is 15.0 Å². The van der Waals surface area contributed by atoms with E-state index in [1.54, 1.807) is 24.9 Å². The lowest BCUT2D eigenvalue weighted by Gasteiger charge is -2.34. The SMILES string of the molecule is O=C(CN1CCN(c2ncccn2)CC1)Nc1cccc(-c2cnc[nH]2)c1. The maximum atomic E-state index is 12.4. The molecular formula is C19H21N7O. The number of carbonyl (C=O) groups excluding carboxylic acids is 1. The molecule has 0 saturated carbocycles. The Bertz CT molecular complexity index is 874. The molecule has 1 aliphatic heterocycles. The van der Waals surface area contributed by atoms with Crippen LogP contribution in [0.3, 0.4) is 0 Å². The first-order valence-corrected chi connectivity index (χ1v) is 8.91. The fourth-order valence-corrected chi connectivity index (χ4v) is 3.14. The Morgan fingerprint density at radius 3 is 2.67 bits per heavy atom. The van der Waals surface area contributed by atoms with Crippen LogP contribution in [0.5, 0.6) is 0 Å². The Labute approximate surface area is 157 Å². The first-order chi connectivity index (χ1) is 13.3. The van der Waals surface area contributed by atoms with E-state index in [4.69, 9.17) is 0 Å². The number of aromatic nitrogens is 4. The number of H-pyrrole nitrogens is 1. The number of benzene rings is 1. The minimum Gasteiger partial charge on any atom is -0.345 e.